The van der Waals surface area contributed by atoms with Gasteiger partial charge in [-0.15, -0.1) is 0 Å². The molecule has 0 amide bonds. The molecule has 0 radical (unpaired) electrons. The normalized spacial score (nSPS) is 14.7. The number of aryl methyl sites for hydroxylation is 1. The van der Waals surface area contributed by atoms with E-state index in [1.165, 1.54) is 29.8 Å². The predicted molar refractivity (Wildman–Crippen MR) is 150 cm³/mol. The Kier molecular flexibility index (Phi) is 12.9. The van der Waals surface area contributed by atoms with Crippen LogP contribution in [0.4, 0.5) is 8.78 Å². The van der Waals surface area contributed by atoms with E-state index in [0.717, 1.165) is 62.9 Å². The van der Waals surface area contributed by atoms with Crippen molar-refractivity contribution < 1.29 is 38.4 Å². The summed E-state index contributed by atoms with van der Waals surface area (Å²) in [6.07, 6.45) is 4.16. The van der Waals surface area contributed by atoms with Crippen LogP contribution in [-0.4, -0.2) is 64.5 Å². The average Bonchev–Trinajstić information content (AvgIpc) is 2.97. The summed E-state index contributed by atoms with van der Waals surface area (Å²) in [6, 6.07) is 22.9. The van der Waals surface area contributed by atoms with Gasteiger partial charge < -0.3 is 25.0 Å². The smallest absolute Gasteiger partial charge is 0.414 e. The Labute approximate surface area is 239 Å². The first kappa shape index (κ1) is 31.9. The quantitative estimate of drug-likeness (QED) is 0.268. The number of carboxylic acids is 2. The highest BCUT2D eigenvalue weighted by Crippen LogP contribution is 2.28. The maximum absolute atomic E-state index is 13.4. The summed E-state index contributed by atoms with van der Waals surface area (Å²) in [4.78, 5) is 20.6. The Morgan fingerprint density at radius 3 is 1.83 bits per heavy atom. The van der Waals surface area contributed by atoms with Gasteiger partial charge in [-0.1, -0.05) is 54.6 Å². The highest BCUT2D eigenvalue weighted by atomic mass is 19.1. The molecule has 1 heterocycles. The number of ether oxygens (including phenoxy) is 1. The lowest BCUT2D eigenvalue weighted by Gasteiger charge is -2.33. The molecule has 3 aromatic rings. The third-order valence-corrected chi connectivity index (χ3v) is 7.12. The number of β-amino-alcohol motifs (C(OH)–C–C–N with tert-alkyl or cyclic N) is 1. The van der Waals surface area contributed by atoms with Crippen molar-refractivity contribution in [1.29, 1.82) is 0 Å². The van der Waals surface area contributed by atoms with Crippen molar-refractivity contribution in [2.24, 2.45) is 5.92 Å². The lowest BCUT2D eigenvalue weighted by atomic mass is 9.93. The lowest BCUT2D eigenvalue weighted by molar-refractivity contribution is -0.159. The Balaban J connectivity index is 0.000000696. The number of nitrogens with zero attached hydrogens (tertiary/aromatic N) is 1. The van der Waals surface area contributed by atoms with E-state index in [4.69, 9.17) is 24.5 Å². The minimum atomic E-state index is -1.82. The van der Waals surface area contributed by atoms with E-state index in [-0.39, 0.29) is 23.8 Å². The molecule has 7 nitrogen and oxygen atoms in total. The number of hydrogen-bond acceptors (Lipinski definition) is 5. The molecule has 0 spiro atoms. The summed E-state index contributed by atoms with van der Waals surface area (Å²) in [7, 11) is 0. The molecule has 41 heavy (non-hydrogen) atoms. The van der Waals surface area contributed by atoms with Crippen LogP contribution in [0.5, 0.6) is 0 Å². The maximum atomic E-state index is 13.4. The molecular weight excluding hydrogens is 532 g/mol. The minimum absolute atomic E-state index is 0.288. The SMILES string of the molecule is O=C(O)C(=O)O.O[C@H](CCc1ccccc1)CN1CCC(CCOC(c2ccc(F)cc2)c2ccc(F)cc2)CC1. The van der Waals surface area contributed by atoms with E-state index in [1.54, 1.807) is 24.3 Å². The van der Waals surface area contributed by atoms with Gasteiger partial charge in [0.2, 0.25) is 0 Å². The summed E-state index contributed by atoms with van der Waals surface area (Å²) >= 11 is 0. The molecule has 1 aliphatic rings. The molecule has 3 aromatic carbocycles. The molecule has 1 fully saturated rings. The maximum Gasteiger partial charge on any atom is 0.414 e. The average molecular weight is 570 g/mol. The molecule has 0 saturated carbocycles. The van der Waals surface area contributed by atoms with E-state index in [9.17, 15) is 13.9 Å². The van der Waals surface area contributed by atoms with Crippen LogP contribution in [0.15, 0.2) is 78.9 Å². The van der Waals surface area contributed by atoms with E-state index >= 15 is 0 Å². The second kappa shape index (κ2) is 16.6. The van der Waals surface area contributed by atoms with Crippen LogP contribution in [0.1, 0.15) is 48.5 Å². The van der Waals surface area contributed by atoms with Crippen molar-refractivity contribution >= 4 is 11.9 Å². The molecule has 0 aliphatic carbocycles. The number of carboxylic acid groups (broad SMARTS) is 2. The summed E-state index contributed by atoms with van der Waals surface area (Å²) in [5.41, 5.74) is 2.99. The van der Waals surface area contributed by atoms with Crippen LogP contribution in [0.2, 0.25) is 0 Å². The fourth-order valence-corrected chi connectivity index (χ4v) is 4.84. The standard InChI is InChI=1S/C30H35F2NO2.C2H2O4/c31-27-11-7-25(8-12-27)30(26-9-13-28(32)14-10-26)35-21-18-24-16-19-33(20-17-24)22-29(34)15-6-23-4-2-1-3-5-23;3-1(4)2(5)6/h1-5,7-14,24,29-30,34H,6,15-22H2;(H,3,4)(H,5,6)/t29-;/m1./s1. The number of piperidine rings is 1. The van der Waals surface area contributed by atoms with Crippen molar-refractivity contribution in [1.82, 2.24) is 4.90 Å². The van der Waals surface area contributed by atoms with Crippen molar-refractivity contribution in [3.63, 3.8) is 0 Å². The van der Waals surface area contributed by atoms with Crippen LogP contribution < -0.4 is 0 Å². The van der Waals surface area contributed by atoms with E-state index in [1.807, 2.05) is 18.2 Å². The molecule has 1 atom stereocenters. The number of rotatable bonds is 11. The van der Waals surface area contributed by atoms with Gasteiger partial charge in [-0.25, -0.2) is 18.4 Å². The predicted octanol–water partition coefficient (Wildman–Crippen LogP) is 5.32. The van der Waals surface area contributed by atoms with Gasteiger partial charge in [-0.05, 0) is 92.1 Å². The third kappa shape index (κ3) is 11.4. The molecule has 1 aliphatic heterocycles. The number of halogens is 2. The van der Waals surface area contributed by atoms with Crippen LogP contribution >= 0.6 is 0 Å². The monoisotopic (exact) mass is 569 g/mol. The number of likely N-dealkylation sites (tertiary alicyclic amines) is 1. The van der Waals surface area contributed by atoms with E-state index in [0.29, 0.717) is 12.5 Å². The van der Waals surface area contributed by atoms with Gasteiger partial charge >= 0.3 is 11.9 Å². The van der Waals surface area contributed by atoms with E-state index < -0.39 is 11.9 Å². The third-order valence-electron chi connectivity index (χ3n) is 7.12. The molecule has 1 saturated heterocycles. The van der Waals surface area contributed by atoms with E-state index in [2.05, 4.69) is 17.0 Å². The molecule has 0 aromatic heterocycles. The van der Waals surface area contributed by atoms with Gasteiger partial charge in [0.05, 0.1) is 6.10 Å². The fourth-order valence-electron chi connectivity index (χ4n) is 4.84. The van der Waals surface area contributed by atoms with Crippen molar-refractivity contribution in [2.75, 3.05) is 26.2 Å². The molecular formula is C32H37F2NO6. The van der Waals surface area contributed by atoms with Crippen LogP contribution in [0.25, 0.3) is 0 Å². The molecule has 0 bridgehead atoms. The number of benzene rings is 3. The lowest BCUT2D eigenvalue weighted by Crippen LogP contribution is -2.39. The van der Waals surface area contributed by atoms with Gasteiger partial charge in [-0.2, -0.15) is 0 Å². The molecule has 0 unspecified atom stereocenters. The van der Waals surface area contributed by atoms with Crippen molar-refractivity contribution in [3.05, 3.63) is 107 Å². The van der Waals surface area contributed by atoms with Gasteiger partial charge in [-0.3, -0.25) is 0 Å². The number of hydrogen-bond donors (Lipinski definition) is 3. The van der Waals surface area contributed by atoms with Gasteiger partial charge in [0.15, 0.2) is 0 Å². The zero-order valence-corrected chi connectivity index (χ0v) is 22.9. The van der Waals surface area contributed by atoms with Crippen LogP contribution in [-0.2, 0) is 20.7 Å². The largest absolute Gasteiger partial charge is 0.473 e. The molecule has 3 N–H and O–H groups in total. The van der Waals surface area contributed by atoms with Crippen molar-refractivity contribution in [2.45, 2.75) is 44.3 Å². The summed E-state index contributed by atoms with van der Waals surface area (Å²) in [6.45, 7) is 3.30. The molecule has 4 rings (SSSR count). The Bertz CT molecular complexity index is 1140. The highest BCUT2D eigenvalue weighted by Gasteiger charge is 2.22. The first-order valence-corrected chi connectivity index (χ1v) is 13.7. The van der Waals surface area contributed by atoms with Gasteiger partial charge in [0.25, 0.3) is 0 Å². The Morgan fingerprint density at radius 2 is 1.34 bits per heavy atom. The van der Waals surface area contributed by atoms with Crippen LogP contribution in [0, 0.1) is 17.6 Å². The van der Waals surface area contributed by atoms with Crippen molar-refractivity contribution in [3.8, 4) is 0 Å². The first-order valence-electron chi connectivity index (χ1n) is 13.7. The minimum Gasteiger partial charge on any atom is -0.473 e. The van der Waals surface area contributed by atoms with Gasteiger partial charge in [0.1, 0.15) is 17.7 Å². The number of aliphatic hydroxyl groups excluding tert-OH is 1. The zero-order chi connectivity index (χ0) is 29.6. The van der Waals surface area contributed by atoms with Gasteiger partial charge in [0, 0.05) is 13.2 Å². The second-order valence-corrected chi connectivity index (χ2v) is 10.2. The molecule has 9 heteroatoms. The number of aliphatic hydroxyl groups is 1. The topological polar surface area (TPSA) is 107 Å². The number of aliphatic carboxylic acids is 2. The summed E-state index contributed by atoms with van der Waals surface area (Å²) in [5.74, 6) is -3.65. The second-order valence-electron chi connectivity index (χ2n) is 10.2. The fraction of sp³-hybridized carbons (Fsp3) is 0.375. The zero-order valence-electron chi connectivity index (χ0n) is 22.9. The Hall–Kier alpha value is -3.66. The summed E-state index contributed by atoms with van der Waals surface area (Å²) < 4.78 is 33.1. The summed E-state index contributed by atoms with van der Waals surface area (Å²) in [5, 5.41) is 25.3. The number of carbonyl (C=O) groups is 2. The first-order chi connectivity index (χ1) is 19.7. The van der Waals surface area contributed by atoms with Crippen LogP contribution in [0.3, 0.4) is 0 Å². The Morgan fingerprint density at radius 1 is 0.829 bits per heavy atom. The molecule has 220 valence electrons. The highest BCUT2D eigenvalue weighted by molar-refractivity contribution is 6.27.